The molecule has 4 nitrogen and oxygen atoms in total. The summed E-state index contributed by atoms with van der Waals surface area (Å²) in [5, 5.41) is 4.70. The van der Waals surface area contributed by atoms with Gasteiger partial charge in [0.25, 0.3) is 0 Å². The molecule has 2 heterocycles. The third-order valence-electron chi connectivity index (χ3n) is 4.07. The Kier molecular flexibility index (Phi) is 3.44. The van der Waals surface area contributed by atoms with Crippen molar-refractivity contribution in [1.82, 2.24) is 15.2 Å². The quantitative estimate of drug-likeness (QED) is 0.887. The predicted molar refractivity (Wildman–Crippen MR) is 77.7 cm³/mol. The van der Waals surface area contributed by atoms with Gasteiger partial charge in [0.15, 0.2) is 0 Å². The molecule has 2 aromatic rings. The molecule has 1 atom stereocenters. The Morgan fingerprint density at radius 2 is 2.05 bits per heavy atom. The van der Waals surface area contributed by atoms with E-state index in [1.807, 2.05) is 6.07 Å². The van der Waals surface area contributed by atoms with Gasteiger partial charge in [0.1, 0.15) is 5.75 Å². The highest BCUT2D eigenvalue weighted by atomic mass is 16.5. The second kappa shape index (κ2) is 5.23. The van der Waals surface area contributed by atoms with Crippen molar-refractivity contribution >= 4 is 10.9 Å². The molecule has 0 amide bonds. The van der Waals surface area contributed by atoms with Gasteiger partial charge < -0.3 is 15.0 Å². The lowest BCUT2D eigenvalue weighted by Crippen LogP contribution is -2.44. The molecule has 0 saturated carbocycles. The van der Waals surface area contributed by atoms with E-state index in [0.717, 1.165) is 37.4 Å². The van der Waals surface area contributed by atoms with E-state index in [2.05, 4.69) is 40.5 Å². The number of ether oxygens (including phenoxy) is 1. The van der Waals surface area contributed by atoms with Crippen molar-refractivity contribution in [2.24, 2.45) is 0 Å². The molecule has 3 rings (SSSR count). The summed E-state index contributed by atoms with van der Waals surface area (Å²) < 4.78 is 5.27. The molecule has 1 aliphatic rings. The Hall–Kier alpha value is -1.52. The monoisotopic (exact) mass is 259 g/mol. The maximum absolute atomic E-state index is 5.27. The summed E-state index contributed by atoms with van der Waals surface area (Å²) in [7, 11) is 1.70. The fourth-order valence-electron chi connectivity index (χ4n) is 2.87. The molecule has 1 saturated heterocycles. The third-order valence-corrected chi connectivity index (χ3v) is 4.07. The molecule has 0 spiro atoms. The molecule has 1 unspecified atom stereocenters. The van der Waals surface area contributed by atoms with Gasteiger partial charge in [-0.1, -0.05) is 0 Å². The third kappa shape index (κ3) is 2.33. The summed E-state index contributed by atoms with van der Waals surface area (Å²) in [6.07, 6.45) is 2.14. The largest absolute Gasteiger partial charge is 0.497 e. The molecule has 4 heteroatoms. The molecule has 1 aromatic heterocycles. The number of nitrogens with one attached hydrogen (secondary N) is 2. The first-order valence-corrected chi connectivity index (χ1v) is 6.89. The topological polar surface area (TPSA) is 40.3 Å². The Labute approximate surface area is 113 Å². The van der Waals surface area contributed by atoms with Gasteiger partial charge in [0.05, 0.1) is 7.11 Å². The number of benzene rings is 1. The van der Waals surface area contributed by atoms with Crippen LogP contribution in [0, 0.1) is 0 Å². The summed E-state index contributed by atoms with van der Waals surface area (Å²) in [5.74, 6) is 0.899. The van der Waals surface area contributed by atoms with Crippen LogP contribution in [0.2, 0.25) is 0 Å². The first-order valence-electron chi connectivity index (χ1n) is 6.89. The van der Waals surface area contributed by atoms with Crippen LogP contribution in [-0.2, 0) is 0 Å². The van der Waals surface area contributed by atoms with Crippen LogP contribution in [0.25, 0.3) is 10.9 Å². The molecule has 1 fully saturated rings. The maximum atomic E-state index is 5.27. The van der Waals surface area contributed by atoms with E-state index in [1.165, 1.54) is 10.9 Å². The molecule has 0 radical (unpaired) electrons. The van der Waals surface area contributed by atoms with E-state index in [9.17, 15) is 0 Å². The van der Waals surface area contributed by atoms with Gasteiger partial charge in [0, 0.05) is 55.4 Å². The zero-order valence-electron chi connectivity index (χ0n) is 11.6. The highest BCUT2D eigenvalue weighted by Gasteiger charge is 2.20. The fourth-order valence-corrected chi connectivity index (χ4v) is 2.87. The summed E-state index contributed by atoms with van der Waals surface area (Å²) in [5.41, 5.74) is 2.52. The Morgan fingerprint density at radius 1 is 1.26 bits per heavy atom. The van der Waals surface area contributed by atoms with Gasteiger partial charge >= 0.3 is 0 Å². The van der Waals surface area contributed by atoms with Crippen LogP contribution in [0.4, 0.5) is 0 Å². The van der Waals surface area contributed by atoms with Crippen molar-refractivity contribution in [3.8, 4) is 5.75 Å². The minimum Gasteiger partial charge on any atom is -0.497 e. The van der Waals surface area contributed by atoms with E-state index in [-0.39, 0.29) is 0 Å². The van der Waals surface area contributed by atoms with Crippen LogP contribution >= 0.6 is 0 Å². The summed E-state index contributed by atoms with van der Waals surface area (Å²) in [4.78, 5) is 5.89. The minimum atomic E-state index is 0.448. The van der Waals surface area contributed by atoms with Crippen molar-refractivity contribution in [1.29, 1.82) is 0 Å². The van der Waals surface area contributed by atoms with Crippen molar-refractivity contribution < 1.29 is 4.74 Å². The number of piperazine rings is 1. The average Bonchev–Trinajstić information content (AvgIpc) is 2.90. The average molecular weight is 259 g/mol. The summed E-state index contributed by atoms with van der Waals surface area (Å²) in [6, 6.07) is 6.69. The van der Waals surface area contributed by atoms with Gasteiger partial charge in [-0.15, -0.1) is 0 Å². The van der Waals surface area contributed by atoms with E-state index in [0.29, 0.717) is 6.04 Å². The predicted octanol–water partition coefficient (Wildman–Crippen LogP) is 2.14. The van der Waals surface area contributed by atoms with Gasteiger partial charge in [-0.3, -0.25) is 4.90 Å². The first kappa shape index (κ1) is 12.5. The Morgan fingerprint density at radius 3 is 2.79 bits per heavy atom. The number of aromatic amines is 1. The normalized spacial score (nSPS) is 18.6. The molecule has 1 aromatic carbocycles. The second-order valence-electron chi connectivity index (χ2n) is 5.12. The molecule has 19 heavy (non-hydrogen) atoms. The highest BCUT2D eigenvalue weighted by molar-refractivity contribution is 5.84. The van der Waals surface area contributed by atoms with Gasteiger partial charge in [0.2, 0.25) is 0 Å². The number of aromatic nitrogens is 1. The Bertz CT molecular complexity index is 558. The molecule has 0 bridgehead atoms. The minimum absolute atomic E-state index is 0.448. The van der Waals surface area contributed by atoms with Gasteiger partial charge in [-0.05, 0) is 24.6 Å². The summed E-state index contributed by atoms with van der Waals surface area (Å²) >= 11 is 0. The van der Waals surface area contributed by atoms with Gasteiger partial charge in [-0.2, -0.15) is 0 Å². The van der Waals surface area contributed by atoms with Crippen LogP contribution in [-0.4, -0.2) is 43.2 Å². The van der Waals surface area contributed by atoms with Crippen molar-refractivity contribution in [3.63, 3.8) is 0 Å². The second-order valence-corrected chi connectivity index (χ2v) is 5.12. The Balaban J connectivity index is 1.91. The number of nitrogens with zero attached hydrogens (tertiary/aromatic N) is 1. The van der Waals surface area contributed by atoms with Crippen molar-refractivity contribution in [2.45, 2.75) is 13.0 Å². The molecule has 2 N–H and O–H groups in total. The van der Waals surface area contributed by atoms with Crippen LogP contribution in [0.3, 0.4) is 0 Å². The van der Waals surface area contributed by atoms with Crippen LogP contribution in [0.15, 0.2) is 24.4 Å². The van der Waals surface area contributed by atoms with Crippen LogP contribution in [0.5, 0.6) is 5.75 Å². The maximum Gasteiger partial charge on any atom is 0.120 e. The molecule has 1 aliphatic heterocycles. The fraction of sp³-hybridized carbons (Fsp3) is 0.467. The zero-order valence-corrected chi connectivity index (χ0v) is 11.6. The van der Waals surface area contributed by atoms with Gasteiger partial charge in [-0.25, -0.2) is 0 Å². The van der Waals surface area contributed by atoms with E-state index >= 15 is 0 Å². The van der Waals surface area contributed by atoms with Crippen LogP contribution in [0.1, 0.15) is 18.5 Å². The SMILES string of the molecule is COc1ccc2c(C(C)N3CCNCC3)c[nH]c2c1. The molecule has 0 aliphatic carbocycles. The number of hydrogen-bond acceptors (Lipinski definition) is 3. The number of fused-ring (bicyclic) bond motifs is 1. The lowest BCUT2D eigenvalue weighted by Gasteiger charge is -2.32. The van der Waals surface area contributed by atoms with Crippen molar-refractivity contribution in [3.05, 3.63) is 30.0 Å². The highest BCUT2D eigenvalue weighted by Crippen LogP contribution is 2.30. The molecular formula is C15H21N3O. The molecular weight excluding hydrogens is 238 g/mol. The summed E-state index contributed by atoms with van der Waals surface area (Å²) in [6.45, 7) is 6.69. The zero-order chi connectivity index (χ0) is 13.2. The first-order chi connectivity index (χ1) is 9.29. The smallest absolute Gasteiger partial charge is 0.120 e. The standard InChI is InChI=1S/C15H21N3O/c1-11(18-7-5-16-6-8-18)14-10-17-15-9-12(19-2)3-4-13(14)15/h3-4,9-11,16-17H,5-8H2,1-2H3. The van der Waals surface area contributed by atoms with E-state index < -0.39 is 0 Å². The van der Waals surface area contributed by atoms with E-state index in [1.54, 1.807) is 7.11 Å². The number of hydrogen-bond donors (Lipinski definition) is 2. The molecule has 102 valence electrons. The number of methoxy groups -OCH3 is 1. The van der Waals surface area contributed by atoms with Crippen LogP contribution < -0.4 is 10.1 Å². The number of H-pyrrole nitrogens is 1. The lowest BCUT2D eigenvalue weighted by atomic mass is 10.1. The van der Waals surface area contributed by atoms with Crippen molar-refractivity contribution in [2.75, 3.05) is 33.3 Å². The van der Waals surface area contributed by atoms with E-state index in [4.69, 9.17) is 4.74 Å². The lowest BCUT2D eigenvalue weighted by molar-refractivity contribution is 0.186. The number of rotatable bonds is 3.